The van der Waals surface area contributed by atoms with Gasteiger partial charge in [-0.05, 0) is 18.1 Å². The Hall–Kier alpha value is -0.193. The molecule has 3 nitrogen and oxygen atoms in total. The first-order valence-electron chi connectivity index (χ1n) is 5.58. The third-order valence-corrected chi connectivity index (χ3v) is 8.37. The Labute approximate surface area is 92.3 Å². The molecule has 86 valence electrons. The highest BCUT2D eigenvalue weighted by Gasteiger charge is 2.58. The van der Waals surface area contributed by atoms with Crippen LogP contribution in [0.4, 0.5) is 0 Å². The maximum atomic E-state index is 11.4. The molecule has 1 saturated carbocycles. The quantitative estimate of drug-likeness (QED) is 0.537. The molecule has 1 saturated heterocycles. The second-order valence-electron chi connectivity index (χ2n) is 6.11. The highest BCUT2D eigenvalue weighted by Crippen LogP contribution is 2.43. The fourth-order valence-corrected chi connectivity index (χ4v) is 3.09. The zero-order valence-corrected chi connectivity index (χ0v) is 11.2. The maximum absolute atomic E-state index is 11.4. The first kappa shape index (κ1) is 11.3. The number of fused-ring (bicyclic) bond motifs is 1. The molecular formula is C11H20O3Si. The summed E-state index contributed by atoms with van der Waals surface area (Å²) in [6, 6.07) is 0. The fraction of sp³-hybridized carbons (Fsp3) is 0.909. The van der Waals surface area contributed by atoms with Crippen LogP contribution in [0.1, 0.15) is 27.2 Å². The number of ether oxygens (including phenoxy) is 1. The van der Waals surface area contributed by atoms with Crippen molar-refractivity contribution in [2.75, 3.05) is 0 Å². The number of hydrogen-bond donors (Lipinski definition) is 0. The monoisotopic (exact) mass is 228 g/mol. The lowest BCUT2D eigenvalue weighted by molar-refractivity contribution is -0.121. The van der Waals surface area contributed by atoms with Crippen LogP contribution in [0.15, 0.2) is 0 Å². The van der Waals surface area contributed by atoms with Crippen molar-refractivity contribution in [1.29, 1.82) is 0 Å². The van der Waals surface area contributed by atoms with Gasteiger partial charge in [0, 0.05) is 6.42 Å². The molecule has 0 amide bonds. The molecule has 2 aliphatic rings. The largest absolute Gasteiger partial charge is 0.411 e. The SMILES string of the molecule is CC(C)(C)[Si](C)(C)O[C@@H]1CC(=O)[C@@H]2O[C@H]12. The molecule has 0 unspecified atom stereocenters. The Balaban J connectivity index is 2.01. The number of ketones is 1. The molecule has 1 heterocycles. The fourth-order valence-electron chi connectivity index (χ4n) is 1.76. The molecule has 0 N–H and O–H groups in total. The Morgan fingerprint density at radius 3 is 2.33 bits per heavy atom. The Morgan fingerprint density at radius 1 is 1.40 bits per heavy atom. The predicted molar refractivity (Wildman–Crippen MR) is 60.4 cm³/mol. The van der Waals surface area contributed by atoms with Gasteiger partial charge in [-0.3, -0.25) is 4.79 Å². The van der Waals surface area contributed by atoms with E-state index in [-0.39, 0.29) is 29.1 Å². The summed E-state index contributed by atoms with van der Waals surface area (Å²) < 4.78 is 11.5. The van der Waals surface area contributed by atoms with Gasteiger partial charge in [0.2, 0.25) is 0 Å². The van der Waals surface area contributed by atoms with Crippen molar-refractivity contribution in [3.63, 3.8) is 0 Å². The molecule has 0 bridgehead atoms. The number of hydrogen-bond acceptors (Lipinski definition) is 3. The predicted octanol–water partition coefficient (Wildman–Crippen LogP) is 2.12. The standard InChI is InChI=1S/C11H20O3Si/c1-11(2,3)15(4,5)14-8-6-7(12)9-10(8)13-9/h8-10H,6H2,1-5H3/t8-,9+,10-/m1/s1. The van der Waals surface area contributed by atoms with Crippen molar-refractivity contribution in [3.05, 3.63) is 0 Å². The lowest BCUT2D eigenvalue weighted by Gasteiger charge is -2.38. The zero-order chi connectivity index (χ0) is 11.4. The smallest absolute Gasteiger partial charge is 0.192 e. The molecule has 0 aromatic carbocycles. The summed E-state index contributed by atoms with van der Waals surface area (Å²) in [5.74, 6) is 0.226. The molecule has 3 atom stereocenters. The van der Waals surface area contributed by atoms with Gasteiger partial charge in [-0.2, -0.15) is 0 Å². The summed E-state index contributed by atoms with van der Waals surface area (Å²) in [5, 5.41) is 0.197. The van der Waals surface area contributed by atoms with E-state index >= 15 is 0 Å². The van der Waals surface area contributed by atoms with E-state index in [1.54, 1.807) is 0 Å². The van der Waals surface area contributed by atoms with Crippen LogP contribution >= 0.6 is 0 Å². The molecule has 2 fully saturated rings. The van der Waals surface area contributed by atoms with Gasteiger partial charge in [0.05, 0.1) is 6.10 Å². The van der Waals surface area contributed by atoms with Crippen LogP contribution in [0.3, 0.4) is 0 Å². The highest BCUT2D eigenvalue weighted by molar-refractivity contribution is 6.74. The van der Waals surface area contributed by atoms with Gasteiger partial charge >= 0.3 is 0 Å². The lowest BCUT2D eigenvalue weighted by Crippen LogP contribution is -2.44. The summed E-state index contributed by atoms with van der Waals surface area (Å²) in [6.07, 6.45) is 0.539. The number of rotatable bonds is 2. The third kappa shape index (κ3) is 1.90. The summed E-state index contributed by atoms with van der Waals surface area (Å²) in [6.45, 7) is 11.1. The van der Waals surface area contributed by atoms with Gasteiger partial charge < -0.3 is 9.16 Å². The third-order valence-electron chi connectivity index (χ3n) is 3.86. The second kappa shape index (κ2) is 3.15. The number of carbonyl (C=O) groups is 1. The van der Waals surface area contributed by atoms with Crippen molar-refractivity contribution >= 4 is 14.1 Å². The van der Waals surface area contributed by atoms with E-state index in [2.05, 4.69) is 33.9 Å². The second-order valence-corrected chi connectivity index (χ2v) is 10.9. The van der Waals surface area contributed by atoms with Gasteiger partial charge in [0.1, 0.15) is 12.2 Å². The first-order chi connectivity index (χ1) is 6.72. The molecule has 0 aromatic heterocycles. The van der Waals surface area contributed by atoms with Gasteiger partial charge in [-0.1, -0.05) is 20.8 Å². The number of epoxide rings is 1. The molecule has 1 aliphatic carbocycles. The van der Waals surface area contributed by atoms with E-state index in [1.807, 2.05) is 0 Å². The Kier molecular flexibility index (Phi) is 2.37. The molecule has 0 radical (unpaired) electrons. The molecular weight excluding hydrogens is 208 g/mol. The average Bonchev–Trinajstić information content (AvgIpc) is 2.73. The van der Waals surface area contributed by atoms with Crippen molar-refractivity contribution in [1.82, 2.24) is 0 Å². The van der Waals surface area contributed by atoms with Crippen LogP contribution in [0, 0.1) is 0 Å². The minimum atomic E-state index is -1.75. The Morgan fingerprint density at radius 2 is 2.00 bits per heavy atom. The minimum Gasteiger partial charge on any atom is -0.411 e. The van der Waals surface area contributed by atoms with Crippen molar-refractivity contribution < 1.29 is 14.0 Å². The van der Waals surface area contributed by atoms with Gasteiger partial charge in [-0.25, -0.2) is 0 Å². The summed E-state index contributed by atoms with van der Waals surface area (Å²) in [4.78, 5) is 11.4. The van der Waals surface area contributed by atoms with Gasteiger partial charge in [0.15, 0.2) is 14.1 Å². The van der Waals surface area contributed by atoms with E-state index in [1.165, 1.54) is 0 Å². The van der Waals surface area contributed by atoms with E-state index in [9.17, 15) is 4.79 Å². The van der Waals surface area contributed by atoms with E-state index < -0.39 is 8.32 Å². The van der Waals surface area contributed by atoms with Crippen LogP contribution in [-0.2, 0) is 14.0 Å². The lowest BCUT2D eigenvalue weighted by atomic mass is 10.2. The molecule has 15 heavy (non-hydrogen) atoms. The van der Waals surface area contributed by atoms with Crippen LogP contribution in [0.25, 0.3) is 0 Å². The first-order valence-corrected chi connectivity index (χ1v) is 8.49. The van der Waals surface area contributed by atoms with Crippen molar-refractivity contribution in [3.8, 4) is 0 Å². The van der Waals surface area contributed by atoms with Crippen molar-refractivity contribution in [2.45, 2.75) is 63.6 Å². The number of carbonyl (C=O) groups excluding carboxylic acids is 1. The van der Waals surface area contributed by atoms with Crippen LogP contribution in [0.2, 0.25) is 18.1 Å². The Bertz CT molecular complexity index is 293. The van der Waals surface area contributed by atoms with Gasteiger partial charge in [-0.15, -0.1) is 0 Å². The maximum Gasteiger partial charge on any atom is 0.192 e. The minimum absolute atomic E-state index is 0.0309. The van der Waals surface area contributed by atoms with Crippen LogP contribution in [-0.4, -0.2) is 32.4 Å². The zero-order valence-electron chi connectivity index (χ0n) is 10.2. The topological polar surface area (TPSA) is 38.8 Å². The molecule has 1 aliphatic heterocycles. The summed E-state index contributed by atoms with van der Waals surface area (Å²) in [7, 11) is -1.75. The van der Waals surface area contributed by atoms with E-state index in [0.29, 0.717) is 6.42 Å². The molecule has 0 spiro atoms. The van der Waals surface area contributed by atoms with E-state index in [0.717, 1.165) is 0 Å². The highest BCUT2D eigenvalue weighted by atomic mass is 28.4. The van der Waals surface area contributed by atoms with Crippen LogP contribution < -0.4 is 0 Å². The normalized spacial score (nSPS) is 35.5. The van der Waals surface area contributed by atoms with Gasteiger partial charge in [0.25, 0.3) is 0 Å². The van der Waals surface area contributed by atoms with Crippen LogP contribution in [0.5, 0.6) is 0 Å². The molecule has 4 heteroatoms. The van der Waals surface area contributed by atoms with Crippen molar-refractivity contribution in [2.24, 2.45) is 0 Å². The summed E-state index contributed by atoms with van der Waals surface area (Å²) >= 11 is 0. The summed E-state index contributed by atoms with van der Waals surface area (Å²) in [5.41, 5.74) is 0. The van der Waals surface area contributed by atoms with E-state index in [4.69, 9.17) is 9.16 Å². The average molecular weight is 228 g/mol. The number of Topliss-reactive ketones (excluding diaryl/α,β-unsaturated/α-hetero) is 1. The molecule has 2 rings (SSSR count). The molecule has 0 aromatic rings.